The molecule has 25 heavy (non-hydrogen) atoms. The topological polar surface area (TPSA) is 97.8 Å². The summed E-state index contributed by atoms with van der Waals surface area (Å²) in [6.07, 6.45) is 4.23. The highest BCUT2D eigenvalue weighted by Gasteiger charge is 2.21. The molecule has 132 valence electrons. The van der Waals surface area contributed by atoms with Gasteiger partial charge in [-0.3, -0.25) is 9.78 Å². The Morgan fingerprint density at radius 3 is 2.80 bits per heavy atom. The Kier molecular flexibility index (Phi) is 4.86. The van der Waals surface area contributed by atoms with Crippen molar-refractivity contribution in [2.75, 3.05) is 24.9 Å². The molecule has 1 N–H and O–H groups in total. The van der Waals surface area contributed by atoms with Crippen molar-refractivity contribution in [1.82, 2.24) is 9.29 Å². The Hall–Kier alpha value is -2.65. The van der Waals surface area contributed by atoms with Crippen LogP contribution < -0.4 is 14.8 Å². The zero-order chi connectivity index (χ0) is 17.9. The number of ether oxygens (including phenoxy) is 2. The number of sulfonamides is 1. The maximum Gasteiger partial charge on any atom is 0.239 e. The van der Waals surface area contributed by atoms with Crippen LogP contribution in [0, 0.1) is 0 Å². The van der Waals surface area contributed by atoms with Gasteiger partial charge in [0.05, 0.1) is 12.8 Å². The minimum absolute atomic E-state index is 0.0707. The number of carbonyl (C=O) groups excluding carboxylic acids is 1. The molecule has 2 heterocycles. The highest BCUT2D eigenvalue weighted by atomic mass is 32.2. The smallest absolute Gasteiger partial charge is 0.239 e. The van der Waals surface area contributed by atoms with E-state index in [1.54, 1.807) is 42.7 Å². The quantitative estimate of drug-likeness (QED) is 0.828. The second-order valence-corrected chi connectivity index (χ2v) is 7.49. The van der Waals surface area contributed by atoms with Gasteiger partial charge in [0, 0.05) is 30.7 Å². The van der Waals surface area contributed by atoms with Crippen LogP contribution in [0.5, 0.6) is 11.5 Å². The first kappa shape index (κ1) is 17.2. The van der Waals surface area contributed by atoms with Crippen LogP contribution in [-0.4, -0.2) is 43.2 Å². The summed E-state index contributed by atoms with van der Waals surface area (Å²) < 4.78 is 35.5. The van der Waals surface area contributed by atoms with Gasteiger partial charge in [-0.05, 0) is 23.8 Å². The molecular formula is C16H17N3O5S. The van der Waals surface area contributed by atoms with Crippen LogP contribution in [0.2, 0.25) is 0 Å². The van der Waals surface area contributed by atoms with Crippen LogP contribution >= 0.6 is 0 Å². The van der Waals surface area contributed by atoms with Crippen molar-refractivity contribution < 1.29 is 22.7 Å². The number of hydrogen-bond acceptors (Lipinski definition) is 6. The number of hydrogen-bond donors (Lipinski definition) is 1. The van der Waals surface area contributed by atoms with E-state index in [-0.39, 0.29) is 19.9 Å². The number of fused-ring (bicyclic) bond motifs is 1. The molecule has 3 rings (SSSR count). The fourth-order valence-electron chi connectivity index (χ4n) is 2.32. The van der Waals surface area contributed by atoms with E-state index < -0.39 is 15.9 Å². The third kappa shape index (κ3) is 4.46. The molecule has 0 aliphatic carbocycles. The molecule has 0 unspecified atom stereocenters. The summed E-state index contributed by atoms with van der Waals surface area (Å²) >= 11 is 0. The average molecular weight is 363 g/mol. The summed E-state index contributed by atoms with van der Waals surface area (Å²) in [7, 11) is -3.56. The van der Waals surface area contributed by atoms with Crippen molar-refractivity contribution in [1.29, 1.82) is 0 Å². The lowest BCUT2D eigenvalue weighted by Gasteiger charge is -2.19. The number of carbonyl (C=O) groups is 1. The maximum absolute atomic E-state index is 12.3. The van der Waals surface area contributed by atoms with Gasteiger partial charge >= 0.3 is 0 Å². The van der Waals surface area contributed by atoms with Gasteiger partial charge in [-0.2, -0.15) is 4.31 Å². The molecule has 0 saturated heterocycles. The molecule has 1 aromatic heterocycles. The highest BCUT2D eigenvalue weighted by Crippen LogP contribution is 2.34. The molecule has 0 bridgehead atoms. The molecule has 0 radical (unpaired) electrons. The number of nitrogens with zero attached hydrogens (tertiary/aromatic N) is 2. The van der Waals surface area contributed by atoms with Gasteiger partial charge in [-0.15, -0.1) is 0 Å². The van der Waals surface area contributed by atoms with Crippen LogP contribution in [0.25, 0.3) is 0 Å². The zero-order valence-electron chi connectivity index (χ0n) is 13.5. The van der Waals surface area contributed by atoms with E-state index in [0.29, 0.717) is 22.7 Å². The van der Waals surface area contributed by atoms with Crippen molar-refractivity contribution >= 4 is 21.6 Å². The Balaban J connectivity index is 1.68. The summed E-state index contributed by atoms with van der Waals surface area (Å²) in [5.74, 6) is 0.689. The molecule has 1 aliphatic heterocycles. The van der Waals surface area contributed by atoms with Crippen LogP contribution in [-0.2, 0) is 21.4 Å². The SMILES string of the molecule is CS(=O)(=O)N(CC(=O)Nc1ccc2c(c1)OCO2)Cc1cccnc1. The van der Waals surface area contributed by atoms with E-state index in [4.69, 9.17) is 9.47 Å². The number of nitrogens with one attached hydrogen (secondary N) is 1. The number of pyridine rings is 1. The average Bonchev–Trinajstić information content (AvgIpc) is 3.02. The van der Waals surface area contributed by atoms with Gasteiger partial charge in [-0.25, -0.2) is 8.42 Å². The molecule has 0 fully saturated rings. The maximum atomic E-state index is 12.3. The first-order chi connectivity index (χ1) is 11.9. The first-order valence-corrected chi connectivity index (χ1v) is 9.30. The van der Waals surface area contributed by atoms with Crippen LogP contribution in [0.3, 0.4) is 0 Å². The van der Waals surface area contributed by atoms with E-state index in [2.05, 4.69) is 10.3 Å². The van der Waals surface area contributed by atoms with Gasteiger partial charge in [0.15, 0.2) is 11.5 Å². The van der Waals surface area contributed by atoms with Gasteiger partial charge in [0.1, 0.15) is 0 Å². The minimum Gasteiger partial charge on any atom is -0.454 e. The predicted molar refractivity (Wildman–Crippen MR) is 90.7 cm³/mol. The lowest BCUT2D eigenvalue weighted by atomic mass is 10.2. The van der Waals surface area contributed by atoms with Crippen LogP contribution in [0.1, 0.15) is 5.56 Å². The molecule has 0 saturated carbocycles. The van der Waals surface area contributed by atoms with Crippen molar-refractivity contribution in [2.45, 2.75) is 6.54 Å². The molecule has 9 heteroatoms. The molecule has 2 aromatic rings. The second kappa shape index (κ2) is 7.08. The molecule has 1 aliphatic rings. The molecule has 0 atom stereocenters. The van der Waals surface area contributed by atoms with Crippen molar-refractivity contribution in [3.05, 3.63) is 48.3 Å². The van der Waals surface area contributed by atoms with Crippen molar-refractivity contribution in [2.24, 2.45) is 0 Å². The van der Waals surface area contributed by atoms with E-state index in [1.807, 2.05) is 0 Å². The molecule has 0 spiro atoms. The Labute approximate surface area is 145 Å². The first-order valence-electron chi connectivity index (χ1n) is 7.45. The number of rotatable bonds is 6. The van der Waals surface area contributed by atoms with Gasteiger partial charge in [0.25, 0.3) is 0 Å². The Morgan fingerprint density at radius 2 is 2.08 bits per heavy atom. The number of amides is 1. The third-order valence-electron chi connectivity index (χ3n) is 3.53. The largest absolute Gasteiger partial charge is 0.454 e. The molecule has 1 aromatic carbocycles. The number of benzene rings is 1. The number of aromatic nitrogens is 1. The standard InChI is InChI=1S/C16H17N3O5S/c1-25(21,22)19(9-12-3-2-6-17-8-12)10-16(20)18-13-4-5-14-15(7-13)24-11-23-14/h2-8H,9-11H2,1H3,(H,18,20). The minimum atomic E-state index is -3.56. The van der Waals surface area contributed by atoms with Crippen molar-refractivity contribution in [3.8, 4) is 11.5 Å². The van der Waals surface area contributed by atoms with Gasteiger partial charge in [0.2, 0.25) is 22.7 Å². The lowest BCUT2D eigenvalue weighted by Crippen LogP contribution is -2.36. The second-order valence-electron chi connectivity index (χ2n) is 5.51. The highest BCUT2D eigenvalue weighted by molar-refractivity contribution is 7.88. The Bertz CT molecular complexity index is 871. The van der Waals surface area contributed by atoms with Crippen LogP contribution in [0.4, 0.5) is 5.69 Å². The summed E-state index contributed by atoms with van der Waals surface area (Å²) in [5.41, 5.74) is 1.20. The predicted octanol–water partition coefficient (Wildman–Crippen LogP) is 1.21. The van der Waals surface area contributed by atoms with Crippen molar-refractivity contribution in [3.63, 3.8) is 0 Å². The number of anilines is 1. The van der Waals surface area contributed by atoms with E-state index in [0.717, 1.165) is 10.6 Å². The van der Waals surface area contributed by atoms with Crippen LogP contribution in [0.15, 0.2) is 42.7 Å². The zero-order valence-corrected chi connectivity index (χ0v) is 14.3. The molecule has 1 amide bonds. The van der Waals surface area contributed by atoms with Gasteiger partial charge < -0.3 is 14.8 Å². The van der Waals surface area contributed by atoms with E-state index in [9.17, 15) is 13.2 Å². The summed E-state index contributed by atoms with van der Waals surface area (Å²) in [5, 5.41) is 2.66. The fourth-order valence-corrected chi connectivity index (χ4v) is 3.06. The summed E-state index contributed by atoms with van der Waals surface area (Å²) in [6, 6.07) is 8.44. The van der Waals surface area contributed by atoms with E-state index >= 15 is 0 Å². The third-order valence-corrected chi connectivity index (χ3v) is 4.72. The monoisotopic (exact) mass is 363 g/mol. The fraction of sp³-hybridized carbons (Fsp3) is 0.250. The Morgan fingerprint density at radius 1 is 1.28 bits per heavy atom. The summed E-state index contributed by atoms with van der Waals surface area (Å²) in [6.45, 7) is -0.0941. The lowest BCUT2D eigenvalue weighted by molar-refractivity contribution is -0.116. The van der Waals surface area contributed by atoms with Gasteiger partial charge in [-0.1, -0.05) is 6.07 Å². The molecule has 8 nitrogen and oxygen atoms in total. The molecular weight excluding hydrogens is 346 g/mol. The van der Waals surface area contributed by atoms with E-state index in [1.165, 1.54) is 0 Å². The summed E-state index contributed by atoms with van der Waals surface area (Å²) in [4.78, 5) is 16.2. The normalized spacial score (nSPS) is 13.0.